The first-order valence-corrected chi connectivity index (χ1v) is 31.1. The van der Waals surface area contributed by atoms with Gasteiger partial charge in [-0.25, -0.2) is 0 Å². The van der Waals surface area contributed by atoms with Gasteiger partial charge in [0, 0.05) is 24.7 Å². The Morgan fingerprint density at radius 3 is 1.90 bits per heavy atom. The number of unbranched alkanes of at least 4 members (excludes halogenated alkanes) is 1. The molecule has 8 atom stereocenters. The Hall–Kier alpha value is -3.14. The number of ether oxygens (including phenoxy) is 5. The van der Waals surface area contributed by atoms with Gasteiger partial charge in [0.2, 0.25) is 0 Å². The summed E-state index contributed by atoms with van der Waals surface area (Å²) < 4.78 is 47.5. The van der Waals surface area contributed by atoms with Crippen LogP contribution in [0.2, 0.25) is 34.8 Å². The van der Waals surface area contributed by atoms with E-state index in [9.17, 15) is 9.90 Å². The van der Waals surface area contributed by atoms with Crippen molar-refractivity contribution in [2.45, 2.75) is 188 Å². The van der Waals surface area contributed by atoms with Crippen molar-refractivity contribution in [2.75, 3.05) is 26.9 Å². The number of carboxylic acids is 1. The summed E-state index contributed by atoms with van der Waals surface area (Å²) in [4.78, 5) is 14.8. The lowest BCUT2D eigenvalue weighted by Gasteiger charge is -2.53. The van der Waals surface area contributed by atoms with Crippen molar-refractivity contribution in [2.24, 2.45) is 23.2 Å². The summed E-state index contributed by atoms with van der Waals surface area (Å²) in [6.45, 7) is 33.9. The van der Waals surface area contributed by atoms with Gasteiger partial charge in [0.25, 0.3) is 0 Å². The molecule has 0 spiro atoms. The molecule has 0 aliphatic carbocycles. The molecule has 0 amide bonds. The first-order chi connectivity index (χ1) is 32.6. The topological polar surface area (TPSA) is 102 Å². The molecule has 1 aliphatic rings. The summed E-state index contributed by atoms with van der Waals surface area (Å²) in [7, 11) is -3.29. The van der Waals surface area contributed by atoms with E-state index in [2.05, 4.69) is 120 Å². The summed E-state index contributed by atoms with van der Waals surface area (Å²) in [5.74, 6) is -0.556. The molecule has 1 fully saturated rings. The fourth-order valence-corrected chi connectivity index (χ4v) is 17.1. The third kappa shape index (κ3) is 15.7. The van der Waals surface area contributed by atoms with Gasteiger partial charge in [0.1, 0.15) is 18.0 Å². The molecule has 386 valence electrons. The second-order valence-corrected chi connectivity index (χ2v) is 32.5. The lowest BCUT2D eigenvalue weighted by Crippen LogP contribution is -2.62. The average Bonchev–Trinajstić information content (AvgIpc) is 3.30. The summed E-state index contributed by atoms with van der Waals surface area (Å²) in [6.07, 6.45) is 4.60. The lowest BCUT2D eigenvalue weighted by molar-refractivity contribution is -0.303. The number of aliphatic carboxylic acids is 1. The van der Waals surface area contributed by atoms with Gasteiger partial charge in [-0.2, -0.15) is 0 Å². The van der Waals surface area contributed by atoms with Gasteiger partial charge in [0.15, 0.2) is 22.9 Å². The number of hydrogen-bond donors (Lipinski definition) is 1. The highest BCUT2D eigenvalue weighted by atomic mass is 28.4. The molecule has 3 aromatic carbocycles. The zero-order valence-corrected chi connectivity index (χ0v) is 47.3. The molecule has 1 heterocycles. The molecule has 0 unspecified atom stereocenters. The largest absolute Gasteiger partial charge is 0.497 e. The van der Waals surface area contributed by atoms with Gasteiger partial charge in [0.05, 0.1) is 38.4 Å². The SMILES string of the molecule is CC/C=C/[C@H]([C@@H]1O[C@H](c2ccccc2)O[C@H](CO[Si](C(C)C)(C(C)C)C(C)C)[C@H]1O[Si](C)(C)C(C)(C)C)[C@](CCCCOCc1ccc(OC)cc1)(C[C@H](C)[C@@H](C)COCc1ccccc1)C(=O)O. The van der Waals surface area contributed by atoms with E-state index in [1.165, 1.54) is 0 Å². The normalized spacial score (nSPS) is 20.6. The molecule has 0 radical (unpaired) electrons. The molecule has 9 nitrogen and oxygen atoms in total. The van der Waals surface area contributed by atoms with Crippen LogP contribution in [0.5, 0.6) is 5.75 Å². The van der Waals surface area contributed by atoms with Gasteiger partial charge in [-0.15, -0.1) is 0 Å². The van der Waals surface area contributed by atoms with Crippen LogP contribution in [-0.4, -0.2) is 73.0 Å². The zero-order chi connectivity index (χ0) is 51.0. The Balaban J connectivity index is 1.86. The second kappa shape index (κ2) is 27.1. The van der Waals surface area contributed by atoms with Crippen LogP contribution in [0.25, 0.3) is 0 Å². The minimum atomic E-state index is -2.56. The van der Waals surface area contributed by atoms with E-state index < -0.39 is 58.5 Å². The van der Waals surface area contributed by atoms with Crippen LogP contribution >= 0.6 is 0 Å². The summed E-state index contributed by atoms with van der Waals surface area (Å²) >= 11 is 0. The molecular weight excluding hydrogens is 897 g/mol. The van der Waals surface area contributed by atoms with Crippen LogP contribution < -0.4 is 4.74 Å². The minimum absolute atomic E-state index is 0.0147. The van der Waals surface area contributed by atoms with Crippen molar-refractivity contribution in [1.82, 2.24) is 0 Å². The molecule has 0 aromatic heterocycles. The van der Waals surface area contributed by atoms with Crippen LogP contribution in [0.3, 0.4) is 0 Å². The van der Waals surface area contributed by atoms with E-state index in [1.54, 1.807) is 7.11 Å². The predicted molar refractivity (Wildman–Crippen MR) is 287 cm³/mol. The maximum absolute atomic E-state index is 14.8. The highest BCUT2D eigenvalue weighted by molar-refractivity contribution is 6.77. The third-order valence-corrected chi connectivity index (χ3v) is 26.1. The van der Waals surface area contributed by atoms with Gasteiger partial charge < -0.3 is 37.6 Å². The van der Waals surface area contributed by atoms with Crippen molar-refractivity contribution >= 4 is 22.6 Å². The Morgan fingerprint density at radius 2 is 1.35 bits per heavy atom. The van der Waals surface area contributed by atoms with Crippen LogP contribution in [0.1, 0.15) is 138 Å². The maximum atomic E-state index is 14.8. The van der Waals surface area contributed by atoms with Crippen LogP contribution in [0, 0.1) is 23.2 Å². The van der Waals surface area contributed by atoms with Gasteiger partial charge in [-0.1, -0.05) is 168 Å². The Morgan fingerprint density at radius 1 is 0.768 bits per heavy atom. The predicted octanol–water partition coefficient (Wildman–Crippen LogP) is 15.0. The van der Waals surface area contributed by atoms with E-state index >= 15 is 0 Å². The molecule has 1 N–H and O–H groups in total. The Bertz CT molecular complexity index is 1930. The third-order valence-electron chi connectivity index (χ3n) is 15.5. The number of methoxy groups -OCH3 is 1. The molecule has 69 heavy (non-hydrogen) atoms. The first kappa shape index (κ1) is 58.4. The second-order valence-electron chi connectivity index (χ2n) is 22.3. The van der Waals surface area contributed by atoms with E-state index in [0.29, 0.717) is 75.3 Å². The zero-order valence-electron chi connectivity index (χ0n) is 45.3. The highest BCUT2D eigenvalue weighted by Crippen LogP contribution is 2.51. The van der Waals surface area contributed by atoms with Crippen molar-refractivity contribution in [1.29, 1.82) is 0 Å². The van der Waals surface area contributed by atoms with Crippen molar-refractivity contribution in [3.63, 3.8) is 0 Å². The summed E-state index contributed by atoms with van der Waals surface area (Å²) in [6, 6.07) is 28.2. The van der Waals surface area contributed by atoms with Gasteiger partial charge in [-0.05, 0) is 102 Å². The molecule has 1 aliphatic heterocycles. The fourth-order valence-electron chi connectivity index (χ4n) is 10.3. The summed E-state index contributed by atoms with van der Waals surface area (Å²) in [5.41, 5.74) is 2.87. The number of carbonyl (C=O) groups is 1. The number of hydrogen-bond acceptors (Lipinski definition) is 8. The average molecular weight is 990 g/mol. The Labute approximate surface area is 420 Å². The minimum Gasteiger partial charge on any atom is -0.497 e. The monoisotopic (exact) mass is 989 g/mol. The smallest absolute Gasteiger partial charge is 0.310 e. The standard InChI is InChI=1S/C58H92O9Si2/c1-16-17-30-51(53-54(67-68(14,15)57(10,11)12)52(65-55(66-53)49-28-22-19-23-29-49)41-64-69(42(2)3,43(4)5)44(6)7)58(56(59)60,35-24-25-36-62-39-48-31-33-50(61-13)34-32-48)37-45(8)46(9)38-63-40-47-26-20-18-21-27-47/h17-23,26-34,42-46,51-55H,16,24-25,35-41H2,1-15H3,(H,59,60)/b30-17+/t45-,46-,51+,52+,53-,54+,55+,58-/m0/s1. The van der Waals surface area contributed by atoms with E-state index in [4.69, 9.17) is 32.5 Å². The van der Waals surface area contributed by atoms with Gasteiger partial charge in [-0.3, -0.25) is 4.79 Å². The molecule has 0 saturated carbocycles. The maximum Gasteiger partial charge on any atom is 0.310 e. The molecule has 3 aromatic rings. The Kier molecular flexibility index (Phi) is 22.9. The fraction of sp³-hybridized carbons (Fsp3) is 0.638. The van der Waals surface area contributed by atoms with E-state index in [0.717, 1.165) is 28.9 Å². The van der Waals surface area contributed by atoms with Crippen molar-refractivity contribution in [3.8, 4) is 5.75 Å². The number of benzene rings is 3. The quantitative estimate of drug-likeness (QED) is 0.0414. The molecular formula is C58H92O9Si2. The summed E-state index contributed by atoms with van der Waals surface area (Å²) in [5, 5.41) is 12.0. The van der Waals surface area contributed by atoms with E-state index in [-0.39, 0.29) is 16.9 Å². The van der Waals surface area contributed by atoms with Crippen molar-refractivity contribution < 1.29 is 42.4 Å². The lowest BCUT2D eigenvalue weighted by atomic mass is 9.62. The van der Waals surface area contributed by atoms with Crippen LogP contribution in [0.4, 0.5) is 0 Å². The molecule has 1 saturated heterocycles. The molecule has 4 rings (SSSR count). The molecule has 11 heteroatoms. The van der Waals surface area contributed by atoms with Crippen molar-refractivity contribution in [3.05, 3.63) is 114 Å². The van der Waals surface area contributed by atoms with Crippen LogP contribution in [0.15, 0.2) is 97.1 Å². The number of rotatable bonds is 29. The number of carboxylic acid groups (broad SMARTS) is 1. The van der Waals surface area contributed by atoms with Crippen LogP contribution in [-0.2, 0) is 45.8 Å². The van der Waals surface area contributed by atoms with E-state index in [1.807, 2.05) is 72.8 Å². The molecule has 0 bridgehead atoms. The highest BCUT2D eigenvalue weighted by Gasteiger charge is 2.57. The first-order valence-electron chi connectivity index (χ1n) is 26.0. The number of allylic oxidation sites excluding steroid dienone is 1. The van der Waals surface area contributed by atoms with Gasteiger partial charge >= 0.3 is 5.97 Å².